The van der Waals surface area contributed by atoms with Crippen molar-refractivity contribution >= 4 is 23.8 Å². The zero-order valence-electron chi connectivity index (χ0n) is 17.6. The van der Waals surface area contributed by atoms with Gasteiger partial charge in [0.2, 0.25) is 0 Å². The predicted molar refractivity (Wildman–Crippen MR) is 104 cm³/mol. The minimum absolute atomic E-state index is 0.118. The van der Waals surface area contributed by atoms with Crippen molar-refractivity contribution in [3.05, 3.63) is 0 Å². The van der Waals surface area contributed by atoms with Gasteiger partial charge in [0.1, 0.15) is 5.60 Å². The molecule has 0 saturated carbocycles. The molecule has 0 bridgehead atoms. The van der Waals surface area contributed by atoms with Crippen LogP contribution in [0.25, 0.3) is 0 Å². The number of hydrogen-bond donors (Lipinski definition) is 0. The second-order valence-corrected chi connectivity index (χ2v) is 8.31. The molecular formula is C21H35NO6. The highest BCUT2D eigenvalue weighted by molar-refractivity contribution is 6.01. The fourth-order valence-electron chi connectivity index (χ4n) is 2.97. The molecule has 0 aromatic rings. The van der Waals surface area contributed by atoms with E-state index in [0.29, 0.717) is 17.9 Å². The summed E-state index contributed by atoms with van der Waals surface area (Å²) in [5.41, 5.74) is -0.406. The van der Waals surface area contributed by atoms with E-state index >= 15 is 0 Å². The molecule has 28 heavy (non-hydrogen) atoms. The first-order valence-corrected chi connectivity index (χ1v) is 10.5. The number of hydroxylamine groups is 2. The smallest absolute Gasteiger partial charge is 0.333 e. The van der Waals surface area contributed by atoms with Crippen LogP contribution in [-0.4, -0.2) is 34.4 Å². The second-order valence-electron chi connectivity index (χ2n) is 8.31. The van der Waals surface area contributed by atoms with Crippen molar-refractivity contribution in [2.75, 3.05) is 0 Å². The molecule has 1 fully saturated rings. The highest BCUT2D eigenvalue weighted by Crippen LogP contribution is 2.15. The Morgan fingerprint density at radius 2 is 1.14 bits per heavy atom. The lowest BCUT2D eigenvalue weighted by molar-refractivity contribution is -0.197. The fraction of sp³-hybridized carbons (Fsp3) is 0.810. The molecule has 0 atom stereocenters. The number of esters is 1. The third-order valence-electron chi connectivity index (χ3n) is 4.38. The molecule has 0 aliphatic carbocycles. The van der Waals surface area contributed by atoms with Crippen molar-refractivity contribution in [3.8, 4) is 0 Å². The number of rotatable bonds is 13. The van der Waals surface area contributed by atoms with Crippen LogP contribution in [0.5, 0.6) is 0 Å². The third kappa shape index (κ3) is 11.0. The van der Waals surface area contributed by atoms with Crippen LogP contribution >= 0.6 is 0 Å². The van der Waals surface area contributed by atoms with Gasteiger partial charge in [-0.25, -0.2) is 4.79 Å². The number of imide groups is 1. The van der Waals surface area contributed by atoms with Gasteiger partial charge < -0.3 is 9.57 Å². The Hall–Kier alpha value is -1.92. The van der Waals surface area contributed by atoms with E-state index in [1.807, 2.05) is 20.8 Å². The average molecular weight is 398 g/mol. The Balaban J connectivity index is 1.89. The summed E-state index contributed by atoms with van der Waals surface area (Å²) in [6, 6.07) is 0. The maximum atomic E-state index is 11.6. The summed E-state index contributed by atoms with van der Waals surface area (Å²) in [5, 5.41) is 0.602. The van der Waals surface area contributed by atoms with E-state index in [-0.39, 0.29) is 25.2 Å². The van der Waals surface area contributed by atoms with Crippen molar-refractivity contribution < 1.29 is 28.8 Å². The van der Waals surface area contributed by atoms with Gasteiger partial charge in [0, 0.05) is 25.7 Å². The third-order valence-corrected chi connectivity index (χ3v) is 4.38. The van der Waals surface area contributed by atoms with E-state index in [1.54, 1.807) is 0 Å². The summed E-state index contributed by atoms with van der Waals surface area (Å²) in [7, 11) is 0. The summed E-state index contributed by atoms with van der Waals surface area (Å²) < 4.78 is 5.28. The number of carbonyl (C=O) groups excluding carboxylic acids is 4. The SMILES string of the molecule is CC(C)(C)OC(=O)CCCCCCCCCCCC(=O)ON1C(=O)CCC1=O. The number of carbonyl (C=O) groups is 4. The van der Waals surface area contributed by atoms with E-state index in [1.165, 1.54) is 0 Å². The zero-order valence-corrected chi connectivity index (χ0v) is 17.6. The molecule has 1 rings (SSSR count). The molecule has 0 spiro atoms. The van der Waals surface area contributed by atoms with Gasteiger partial charge in [0.25, 0.3) is 11.8 Å². The number of unbranched alkanes of at least 4 members (excludes halogenated alkanes) is 8. The molecule has 0 aromatic carbocycles. The van der Waals surface area contributed by atoms with Crippen LogP contribution in [0.15, 0.2) is 0 Å². The summed E-state index contributed by atoms with van der Waals surface area (Å²) >= 11 is 0. The van der Waals surface area contributed by atoms with E-state index in [0.717, 1.165) is 51.4 Å². The lowest BCUT2D eigenvalue weighted by atomic mass is 10.1. The molecule has 0 N–H and O–H groups in total. The number of nitrogens with zero attached hydrogens (tertiary/aromatic N) is 1. The highest BCUT2D eigenvalue weighted by Gasteiger charge is 2.32. The lowest BCUT2D eigenvalue weighted by Gasteiger charge is -2.19. The van der Waals surface area contributed by atoms with Gasteiger partial charge in [0.15, 0.2) is 0 Å². The van der Waals surface area contributed by atoms with Crippen molar-refractivity contribution in [1.29, 1.82) is 0 Å². The normalized spacial score (nSPS) is 14.5. The van der Waals surface area contributed by atoms with E-state index in [9.17, 15) is 19.2 Å². The Morgan fingerprint density at radius 1 is 0.750 bits per heavy atom. The maximum Gasteiger partial charge on any atom is 0.333 e. The first-order valence-electron chi connectivity index (χ1n) is 10.5. The first kappa shape index (κ1) is 24.1. The fourth-order valence-corrected chi connectivity index (χ4v) is 2.97. The molecule has 0 aromatic heterocycles. The lowest BCUT2D eigenvalue weighted by Crippen LogP contribution is -2.31. The number of amides is 2. The molecule has 2 amide bonds. The molecule has 160 valence electrons. The topological polar surface area (TPSA) is 90.0 Å². The van der Waals surface area contributed by atoms with Crippen LogP contribution in [0.2, 0.25) is 0 Å². The van der Waals surface area contributed by atoms with Gasteiger partial charge in [0.05, 0.1) is 0 Å². The maximum absolute atomic E-state index is 11.6. The highest BCUT2D eigenvalue weighted by atomic mass is 16.7. The van der Waals surface area contributed by atoms with Gasteiger partial charge in [-0.15, -0.1) is 5.06 Å². The Morgan fingerprint density at radius 3 is 1.57 bits per heavy atom. The minimum Gasteiger partial charge on any atom is -0.460 e. The minimum atomic E-state index is -0.520. The van der Waals surface area contributed by atoms with Gasteiger partial charge in [-0.3, -0.25) is 14.4 Å². The molecule has 7 nitrogen and oxygen atoms in total. The van der Waals surface area contributed by atoms with Gasteiger partial charge in [-0.2, -0.15) is 0 Å². The first-order chi connectivity index (χ1) is 13.2. The Labute approximate surface area is 168 Å². The number of hydrogen-bond acceptors (Lipinski definition) is 6. The van der Waals surface area contributed by atoms with Crippen molar-refractivity contribution in [2.45, 2.75) is 110 Å². The van der Waals surface area contributed by atoms with E-state index in [2.05, 4.69) is 0 Å². The van der Waals surface area contributed by atoms with Crippen LogP contribution in [0, 0.1) is 0 Å². The van der Waals surface area contributed by atoms with Gasteiger partial charge >= 0.3 is 11.9 Å². The molecule has 0 unspecified atom stereocenters. The predicted octanol–water partition coefficient (Wildman–Crippen LogP) is 4.23. The van der Waals surface area contributed by atoms with E-state index in [4.69, 9.17) is 9.57 Å². The molecule has 0 radical (unpaired) electrons. The van der Waals surface area contributed by atoms with Crippen LogP contribution in [0.4, 0.5) is 0 Å². The zero-order chi connectivity index (χ0) is 21.0. The molecule has 1 aliphatic rings. The van der Waals surface area contributed by atoms with Crippen molar-refractivity contribution in [1.82, 2.24) is 5.06 Å². The summed E-state index contributed by atoms with van der Waals surface area (Å²) in [6.45, 7) is 5.63. The standard InChI is InChI=1S/C21H35NO6/c1-21(2,3)27-19(25)13-11-9-7-5-4-6-8-10-12-14-20(26)28-22-17(23)15-16-18(22)24/h4-16H2,1-3H3. The van der Waals surface area contributed by atoms with Crippen molar-refractivity contribution in [3.63, 3.8) is 0 Å². The van der Waals surface area contributed by atoms with Gasteiger partial charge in [-0.1, -0.05) is 44.9 Å². The Bertz CT molecular complexity index is 522. The molecule has 1 heterocycles. The monoisotopic (exact) mass is 397 g/mol. The quantitative estimate of drug-likeness (QED) is 0.262. The van der Waals surface area contributed by atoms with Crippen LogP contribution in [0.3, 0.4) is 0 Å². The van der Waals surface area contributed by atoms with Gasteiger partial charge in [-0.05, 0) is 33.6 Å². The van der Waals surface area contributed by atoms with Crippen molar-refractivity contribution in [2.24, 2.45) is 0 Å². The van der Waals surface area contributed by atoms with Crippen LogP contribution < -0.4 is 0 Å². The van der Waals surface area contributed by atoms with E-state index < -0.39 is 23.4 Å². The average Bonchev–Trinajstić information content (AvgIpc) is 2.90. The summed E-state index contributed by atoms with van der Waals surface area (Å²) in [6.07, 6.45) is 10.1. The summed E-state index contributed by atoms with van der Waals surface area (Å²) in [4.78, 5) is 50.8. The second kappa shape index (κ2) is 12.5. The molecule has 1 saturated heterocycles. The van der Waals surface area contributed by atoms with Crippen LogP contribution in [-0.2, 0) is 28.8 Å². The molecule has 1 aliphatic heterocycles. The largest absolute Gasteiger partial charge is 0.460 e. The molecular weight excluding hydrogens is 362 g/mol. The number of ether oxygens (including phenoxy) is 1. The summed E-state index contributed by atoms with van der Waals surface area (Å²) in [5.74, 6) is -1.52. The van der Waals surface area contributed by atoms with Crippen LogP contribution in [0.1, 0.15) is 104 Å². The molecule has 7 heteroatoms. The Kier molecular flexibility index (Phi) is 10.8.